The number of ether oxygens (including phenoxy) is 3. The Kier molecular flexibility index (Phi) is 6.45. The van der Waals surface area contributed by atoms with E-state index in [-0.39, 0.29) is 41.9 Å². The first-order valence-corrected chi connectivity index (χ1v) is 14.7. The van der Waals surface area contributed by atoms with Gasteiger partial charge in [-0.25, -0.2) is 14.8 Å². The van der Waals surface area contributed by atoms with E-state index in [4.69, 9.17) is 29.9 Å². The zero-order valence-electron chi connectivity index (χ0n) is 22.5. The second-order valence-corrected chi connectivity index (χ2v) is 11.6. The van der Waals surface area contributed by atoms with E-state index in [0.717, 1.165) is 31.2 Å². The summed E-state index contributed by atoms with van der Waals surface area (Å²) in [5.41, 5.74) is 10.7. The maximum atomic E-state index is 14.0. The van der Waals surface area contributed by atoms with Crippen LogP contribution in [0.1, 0.15) is 48.5 Å². The molecule has 210 valence electrons. The number of hydrogen-bond acceptors (Lipinski definition) is 9. The smallest absolute Gasteiger partial charge is 0.336 e. The van der Waals surface area contributed by atoms with Crippen LogP contribution in [0.2, 0.25) is 0 Å². The van der Waals surface area contributed by atoms with E-state index in [1.165, 1.54) is 0 Å². The lowest BCUT2D eigenvalue weighted by Gasteiger charge is -2.25. The van der Waals surface area contributed by atoms with Gasteiger partial charge in [-0.05, 0) is 49.6 Å². The van der Waals surface area contributed by atoms with Crippen molar-refractivity contribution in [1.29, 1.82) is 0 Å². The van der Waals surface area contributed by atoms with Gasteiger partial charge in [0.2, 0.25) is 6.79 Å². The summed E-state index contributed by atoms with van der Waals surface area (Å²) in [7, 11) is 0. The van der Waals surface area contributed by atoms with Gasteiger partial charge in [-0.15, -0.1) is 11.8 Å². The largest absolute Gasteiger partial charge is 0.463 e. The van der Waals surface area contributed by atoms with Crippen molar-refractivity contribution >= 4 is 51.7 Å². The van der Waals surface area contributed by atoms with E-state index >= 15 is 0 Å². The molecule has 0 spiro atoms. The standard InChI is InChI=1S/C30H29N5O5S/c1-2-38-30(37)23-17-7-3-6-10-22(17)41-29(23)34-28(36)24-25-27(33-19-9-5-4-8-18(19)32-25)35(26(24)31)14-16-11-12-20-21(13-16)40-15-39-20/h4-5,8-9,11-13,17,22H,2-3,6-7,10,14-15,31H2,1H3,(H,34,36)/t17-,22+/m1/s1. The minimum Gasteiger partial charge on any atom is -0.463 e. The van der Waals surface area contributed by atoms with E-state index in [1.807, 2.05) is 42.5 Å². The zero-order valence-corrected chi connectivity index (χ0v) is 23.3. The number of fused-ring (bicyclic) bond motifs is 4. The van der Waals surface area contributed by atoms with Crippen LogP contribution in [0.25, 0.3) is 22.2 Å². The summed E-state index contributed by atoms with van der Waals surface area (Å²) in [6.45, 7) is 2.58. The predicted octanol–water partition coefficient (Wildman–Crippen LogP) is 4.75. The van der Waals surface area contributed by atoms with Gasteiger partial charge in [-0.2, -0.15) is 0 Å². The molecule has 10 nitrogen and oxygen atoms in total. The number of nitrogens with two attached hydrogens (primary N) is 1. The predicted molar refractivity (Wildman–Crippen MR) is 156 cm³/mol. The number of hydrogen-bond donors (Lipinski definition) is 2. The number of aromatic nitrogens is 3. The molecule has 41 heavy (non-hydrogen) atoms. The molecule has 1 aliphatic carbocycles. The van der Waals surface area contributed by atoms with Crippen LogP contribution in [0.15, 0.2) is 53.1 Å². The Hall–Kier alpha value is -4.25. The molecular weight excluding hydrogens is 542 g/mol. The van der Waals surface area contributed by atoms with Gasteiger partial charge in [-0.1, -0.05) is 31.0 Å². The molecule has 11 heteroatoms. The lowest BCUT2D eigenvalue weighted by atomic mass is 9.84. The summed E-state index contributed by atoms with van der Waals surface area (Å²) in [5.74, 6) is 0.856. The van der Waals surface area contributed by atoms with E-state index < -0.39 is 5.91 Å². The lowest BCUT2D eigenvalue weighted by Crippen LogP contribution is -2.26. The topological polar surface area (TPSA) is 131 Å². The number of rotatable bonds is 6. The van der Waals surface area contributed by atoms with Crippen LogP contribution in [-0.2, 0) is 16.1 Å². The Morgan fingerprint density at radius 3 is 2.71 bits per heavy atom. The van der Waals surface area contributed by atoms with Crippen LogP contribution in [0, 0.1) is 5.92 Å². The van der Waals surface area contributed by atoms with Crippen LogP contribution >= 0.6 is 11.8 Å². The van der Waals surface area contributed by atoms with Crippen molar-refractivity contribution in [1.82, 2.24) is 19.9 Å². The molecule has 4 heterocycles. The van der Waals surface area contributed by atoms with Crippen molar-refractivity contribution < 1.29 is 23.8 Å². The molecule has 2 aromatic heterocycles. The van der Waals surface area contributed by atoms with Crippen LogP contribution in [0.4, 0.5) is 5.82 Å². The minimum atomic E-state index is -0.426. The van der Waals surface area contributed by atoms with Crippen molar-refractivity contribution in [2.75, 3.05) is 19.1 Å². The van der Waals surface area contributed by atoms with E-state index in [2.05, 4.69) is 5.32 Å². The molecule has 1 fully saturated rings. The number of benzene rings is 2. The molecule has 2 aromatic carbocycles. The monoisotopic (exact) mass is 571 g/mol. The molecule has 0 radical (unpaired) electrons. The first-order chi connectivity index (χ1) is 20.0. The fraction of sp³-hybridized carbons (Fsp3) is 0.333. The molecule has 4 aromatic rings. The SMILES string of the molecule is CCOC(=O)C1=C(NC(=O)c2c(N)n(Cc3ccc4c(c3)OCO4)c3nc4ccccc4nc23)S[C@H]2CCCC[C@@H]12. The van der Waals surface area contributed by atoms with E-state index in [9.17, 15) is 9.59 Å². The quantitative estimate of drug-likeness (QED) is 0.315. The van der Waals surface area contributed by atoms with Crippen molar-refractivity contribution in [2.45, 2.75) is 44.4 Å². The van der Waals surface area contributed by atoms with Crippen LogP contribution < -0.4 is 20.5 Å². The molecule has 3 N–H and O–H groups in total. The van der Waals surface area contributed by atoms with Gasteiger partial charge >= 0.3 is 5.97 Å². The van der Waals surface area contributed by atoms with Gasteiger partial charge in [0, 0.05) is 11.2 Å². The average molecular weight is 572 g/mol. The summed E-state index contributed by atoms with van der Waals surface area (Å²) in [6.07, 6.45) is 4.05. The molecule has 7 rings (SSSR count). The molecule has 1 amide bonds. The van der Waals surface area contributed by atoms with Crippen molar-refractivity contribution in [2.24, 2.45) is 5.92 Å². The highest BCUT2D eigenvalue weighted by molar-refractivity contribution is 8.04. The molecule has 3 aliphatic rings. The summed E-state index contributed by atoms with van der Waals surface area (Å²) in [5, 5.41) is 3.83. The second kappa shape index (κ2) is 10.3. The van der Waals surface area contributed by atoms with Crippen molar-refractivity contribution in [3.63, 3.8) is 0 Å². The maximum Gasteiger partial charge on any atom is 0.336 e. The lowest BCUT2D eigenvalue weighted by molar-refractivity contribution is -0.139. The summed E-state index contributed by atoms with van der Waals surface area (Å²) < 4.78 is 18.2. The van der Waals surface area contributed by atoms with Gasteiger partial charge in [0.05, 0.1) is 34.8 Å². The number of anilines is 1. The number of nitrogens with zero attached hydrogens (tertiary/aromatic N) is 3. The minimum absolute atomic E-state index is 0.0662. The number of para-hydroxylation sites is 2. The Morgan fingerprint density at radius 1 is 1.10 bits per heavy atom. The normalized spacial score (nSPS) is 19.5. The first kappa shape index (κ1) is 25.7. The molecule has 0 bridgehead atoms. The summed E-state index contributed by atoms with van der Waals surface area (Å²) in [4.78, 5) is 36.7. The summed E-state index contributed by atoms with van der Waals surface area (Å²) in [6, 6.07) is 13.2. The summed E-state index contributed by atoms with van der Waals surface area (Å²) >= 11 is 1.55. The third kappa shape index (κ3) is 4.44. The van der Waals surface area contributed by atoms with Crippen LogP contribution in [0.5, 0.6) is 11.5 Å². The maximum absolute atomic E-state index is 14.0. The van der Waals surface area contributed by atoms with E-state index in [1.54, 1.807) is 23.3 Å². The van der Waals surface area contributed by atoms with Gasteiger partial charge < -0.3 is 29.8 Å². The van der Waals surface area contributed by atoms with E-state index in [0.29, 0.717) is 50.8 Å². The Balaban J connectivity index is 1.31. The van der Waals surface area contributed by atoms with Crippen LogP contribution in [0.3, 0.4) is 0 Å². The molecular formula is C30H29N5O5S. The number of thioether (sulfide) groups is 1. The third-order valence-electron chi connectivity index (χ3n) is 7.91. The molecule has 0 unspecified atom stereocenters. The number of nitrogen functional groups attached to an aromatic ring is 1. The second-order valence-electron chi connectivity index (χ2n) is 10.4. The molecule has 0 saturated heterocycles. The fourth-order valence-corrected chi connectivity index (χ4v) is 7.53. The number of nitrogens with one attached hydrogen (secondary N) is 1. The van der Waals surface area contributed by atoms with Crippen LogP contribution in [-0.4, -0.2) is 45.1 Å². The highest BCUT2D eigenvalue weighted by Gasteiger charge is 2.42. The highest BCUT2D eigenvalue weighted by atomic mass is 32.2. The zero-order chi connectivity index (χ0) is 28.1. The highest BCUT2D eigenvalue weighted by Crippen LogP contribution is 2.48. The number of esters is 1. The first-order valence-electron chi connectivity index (χ1n) is 13.8. The van der Waals surface area contributed by atoms with Crippen molar-refractivity contribution in [3.05, 3.63) is 64.2 Å². The molecule has 2 atom stereocenters. The van der Waals surface area contributed by atoms with Crippen molar-refractivity contribution in [3.8, 4) is 11.5 Å². The average Bonchev–Trinajstić information content (AvgIpc) is 3.66. The van der Waals surface area contributed by atoms with Gasteiger partial charge in [0.15, 0.2) is 17.1 Å². The third-order valence-corrected chi connectivity index (χ3v) is 9.33. The van der Waals surface area contributed by atoms with Gasteiger partial charge in [-0.3, -0.25) is 4.79 Å². The number of carbonyl (C=O) groups is 2. The molecule has 1 saturated carbocycles. The Labute approximate surface area is 240 Å². The fourth-order valence-electron chi connectivity index (χ4n) is 5.99. The van der Waals surface area contributed by atoms with Gasteiger partial charge in [0.1, 0.15) is 16.9 Å². The molecule has 2 aliphatic heterocycles. The Morgan fingerprint density at radius 2 is 1.88 bits per heavy atom. The Bertz CT molecular complexity index is 1750. The number of amides is 1. The number of carbonyl (C=O) groups excluding carboxylic acids is 2. The van der Waals surface area contributed by atoms with Gasteiger partial charge in [0.25, 0.3) is 5.91 Å².